The smallest absolute Gasteiger partial charge is 0.151 e. The Balaban J connectivity index is 2.86. The summed E-state index contributed by atoms with van der Waals surface area (Å²) in [4.78, 5) is 6.28. The Kier molecular flexibility index (Phi) is 4.35. The van der Waals surface area contributed by atoms with Gasteiger partial charge < -0.3 is 15.4 Å². The number of methoxy groups -OCH3 is 1. The molecule has 0 fully saturated rings. The summed E-state index contributed by atoms with van der Waals surface area (Å²) in [5.74, 6) is 0.780. The highest BCUT2D eigenvalue weighted by atomic mass is 79.9. The summed E-state index contributed by atoms with van der Waals surface area (Å²) >= 11 is 3.33. The average Bonchev–Trinajstić information content (AvgIpc) is 2.17. The number of rotatable bonds is 4. The molecule has 0 saturated heterocycles. The summed E-state index contributed by atoms with van der Waals surface area (Å²) in [5.41, 5.74) is 6.54. The average molecular weight is 274 g/mol. The number of aromatic nitrogens is 1. The standard InChI is InChI=1S/C10H16BrN3O/c1-7(6-15-3)14(2)10-9(12)4-8(11)5-13-10/h4-5,7H,6,12H2,1-3H3. The van der Waals surface area contributed by atoms with Crippen molar-refractivity contribution in [3.8, 4) is 0 Å². The molecule has 84 valence electrons. The molecule has 1 aromatic rings. The van der Waals surface area contributed by atoms with Gasteiger partial charge in [-0.1, -0.05) is 0 Å². The minimum absolute atomic E-state index is 0.242. The maximum atomic E-state index is 5.88. The fourth-order valence-corrected chi connectivity index (χ4v) is 1.65. The molecule has 0 aliphatic rings. The van der Waals surface area contributed by atoms with Crippen molar-refractivity contribution in [1.82, 2.24) is 4.98 Å². The lowest BCUT2D eigenvalue weighted by Gasteiger charge is -2.26. The zero-order valence-corrected chi connectivity index (χ0v) is 10.8. The Morgan fingerprint density at radius 3 is 2.87 bits per heavy atom. The molecule has 1 rings (SSSR count). The number of ether oxygens (including phenoxy) is 1. The molecule has 0 saturated carbocycles. The molecule has 1 aromatic heterocycles. The lowest BCUT2D eigenvalue weighted by atomic mass is 10.3. The van der Waals surface area contributed by atoms with E-state index in [9.17, 15) is 0 Å². The van der Waals surface area contributed by atoms with Crippen molar-refractivity contribution in [2.24, 2.45) is 0 Å². The van der Waals surface area contributed by atoms with Crippen molar-refractivity contribution in [2.45, 2.75) is 13.0 Å². The molecular formula is C10H16BrN3O. The van der Waals surface area contributed by atoms with Gasteiger partial charge in [0.15, 0.2) is 5.82 Å². The summed E-state index contributed by atoms with van der Waals surface area (Å²) in [6, 6.07) is 2.09. The number of hydrogen-bond acceptors (Lipinski definition) is 4. The minimum atomic E-state index is 0.242. The molecule has 5 heteroatoms. The van der Waals surface area contributed by atoms with Gasteiger partial charge in [-0.05, 0) is 28.9 Å². The van der Waals surface area contributed by atoms with Crippen LogP contribution in [0.1, 0.15) is 6.92 Å². The van der Waals surface area contributed by atoms with Crippen LogP contribution in [0.15, 0.2) is 16.7 Å². The van der Waals surface area contributed by atoms with Gasteiger partial charge in [0.25, 0.3) is 0 Å². The summed E-state index contributed by atoms with van der Waals surface area (Å²) in [6.07, 6.45) is 1.74. The van der Waals surface area contributed by atoms with E-state index in [1.807, 2.05) is 18.0 Å². The van der Waals surface area contributed by atoms with E-state index in [1.54, 1.807) is 13.3 Å². The first kappa shape index (κ1) is 12.3. The van der Waals surface area contributed by atoms with Gasteiger partial charge in [-0.15, -0.1) is 0 Å². The van der Waals surface area contributed by atoms with Crippen LogP contribution in [0.4, 0.5) is 11.5 Å². The fourth-order valence-electron chi connectivity index (χ4n) is 1.30. The SMILES string of the molecule is COCC(C)N(C)c1ncc(Br)cc1N. The van der Waals surface area contributed by atoms with Crippen LogP contribution in [0.5, 0.6) is 0 Å². The molecular weight excluding hydrogens is 258 g/mol. The number of pyridine rings is 1. The Labute approximate surface area is 98.6 Å². The van der Waals surface area contributed by atoms with Crippen molar-refractivity contribution in [3.63, 3.8) is 0 Å². The Morgan fingerprint density at radius 2 is 2.33 bits per heavy atom. The quantitative estimate of drug-likeness (QED) is 0.911. The van der Waals surface area contributed by atoms with Crippen LogP contribution < -0.4 is 10.6 Å². The van der Waals surface area contributed by atoms with Gasteiger partial charge in [0.1, 0.15) is 0 Å². The van der Waals surface area contributed by atoms with Crippen molar-refractivity contribution in [3.05, 3.63) is 16.7 Å². The second kappa shape index (κ2) is 5.32. The van der Waals surface area contributed by atoms with Crippen molar-refractivity contribution in [2.75, 3.05) is 31.4 Å². The maximum absolute atomic E-state index is 5.88. The van der Waals surface area contributed by atoms with E-state index >= 15 is 0 Å². The van der Waals surface area contributed by atoms with Gasteiger partial charge in [0.2, 0.25) is 0 Å². The van der Waals surface area contributed by atoms with Gasteiger partial charge >= 0.3 is 0 Å². The number of halogens is 1. The fraction of sp³-hybridized carbons (Fsp3) is 0.500. The largest absolute Gasteiger partial charge is 0.396 e. The van der Waals surface area contributed by atoms with E-state index in [-0.39, 0.29) is 6.04 Å². The van der Waals surface area contributed by atoms with E-state index in [0.29, 0.717) is 12.3 Å². The topological polar surface area (TPSA) is 51.4 Å². The third-order valence-corrected chi connectivity index (χ3v) is 2.70. The number of nitrogen functional groups attached to an aromatic ring is 1. The maximum Gasteiger partial charge on any atom is 0.151 e. The van der Waals surface area contributed by atoms with E-state index in [1.165, 1.54) is 0 Å². The van der Waals surface area contributed by atoms with Crippen LogP contribution in [0.2, 0.25) is 0 Å². The van der Waals surface area contributed by atoms with E-state index in [4.69, 9.17) is 10.5 Å². The molecule has 0 amide bonds. The van der Waals surface area contributed by atoms with Gasteiger partial charge in [-0.2, -0.15) is 0 Å². The zero-order valence-electron chi connectivity index (χ0n) is 9.20. The predicted octanol–water partition coefficient (Wildman–Crippen LogP) is 1.90. The number of hydrogen-bond donors (Lipinski definition) is 1. The number of nitrogens with zero attached hydrogens (tertiary/aromatic N) is 2. The predicted molar refractivity (Wildman–Crippen MR) is 66.1 cm³/mol. The van der Waals surface area contributed by atoms with Crippen LogP contribution in [-0.4, -0.2) is 31.8 Å². The first-order valence-corrected chi connectivity index (χ1v) is 5.48. The Bertz CT molecular complexity index is 332. The van der Waals surface area contributed by atoms with Crippen molar-refractivity contribution < 1.29 is 4.74 Å². The van der Waals surface area contributed by atoms with Gasteiger partial charge in [-0.3, -0.25) is 0 Å². The van der Waals surface area contributed by atoms with Gasteiger partial charge in [0.05, 0.1) is 18.3 Å². The van der Waals surface area contributed by atoms with Crippen LogP contribution in [0.3, 0.4) is 0 Å². The molecule has 0 aliphatic carbocycles. The van der Waals surface area contributed by atoms with Crippen molar-refractivity contribution in [1.29, 1.82) is 0 Å². The Morgan fingerprint density at radius 1 is 1.67 bits per heavy atom. The summed E-state index contributed by atoms with van der Waals surface area (Å²) in [7, 11) is 3.64. The highest BCUT2D eigenvalue weighted by molar-refractivity contribution is 9.10. The molecule has 0 aliphatic heterocycles. The van der Waals surface area contributed by atoms with Gasteiger partial charge in [-0.25, -0.2) is 4.98 Å². The third-order valence-electron chi connectivity index (χ3n) is 2.26. The summed E-state index contributed by atoms with van der Waals surface area (Å²) < 4.78 is 5.98. The van der Waals surface area contributed by atoms with Crippen LogP contribution >= 0.6 is 15.9 Å². The third kappa shape index (κ3) is 3.07. The molecule has 0 radical (unpaired) electrons. The van der Waals surface area contributed by atoms with E-state index in [0.717, 1.165) is 10.3 Å². The highest BCUT2D eigenvalue weighted by Gasteiger charge is 2.13. The van der Waals surface area contributed by atoms with Crippen LogP contribution in [-0.2, 0) is 4.74 Å². The molecule has 15 heavy (non-hydrogen) atoms. The molecule has 0 aromatic carbocycles. The molecule has 1 unspecified atom stereocenters. The minimum Gasteiger partial charge on any atom is -0.396 e. The molecule has 2 N–H and O–H groups in total. The Hall–Kier alpha value is -0.810. The van der Waals surface area contributed by atoms with E-state index < -0.39 is 0 Å². The second-order valence-electron chi connectivity index (χ2n) is 3.48. The first-order chi connectivity index (χ1) is 7.06. The molecule has 0 bridgehead atoms. The van der Waals surface area contributed by atoms with Crippen molar-refractivity contribution >= 4 is 27.4 Å². The lowest BCUT2D eigenvalue weighted by Crippen LogP contribution is -2.33. The number of likely N-dealkylation sites (N-methyl/N-ethyl adjacent to an activating group) is 1. The first-order valence-electron chi connectivity index (χ1n) is 4.69. The second-order valence-corrected chi connectivity index (χ2v) is 4.40. The zero-order chi connectivity index (χ0) is 11.4. The lowest BCUT2D eigenvalue weighted by molar-refractivity contribution is 0.183. The molecule has 0 spiro atoms. The number of nitrogens with two attached hydrogens (primary N) is 1. The monoisotopic (exact) mass is 273 g/mol. The molecule has 1 heterocycles. The normalized spacial score (nSPS) is 12.5. The summed E-state index contributed by atoms with van der Waals surface area (Å²) in [5, 5.41) is 0. The van der Waals surface area contributed by atoms with Crippen LogP contribution in [0.25, 0.3) is 0 Å². The molecule has 4 nitrogen and oxygen atoms in total. The highest BCUT2D eigenvalue weighted by Crippen LogP contribution is 2.23. The summed E-state index contributed by atoms with van der Waals surface area (Å²) in [6.45, 7) is 2.71. The van der Waals surface area contributed by atoms with E-state index in [2.05, 4.69) is 27.8 Å². The number of anilines is 2. The van der Waals surface area contributed by atoms with Crippen LogP contribution in [0, 0.1) is 0 Å². The molecule has 1 atom stereocenters. The van der Waals surface area contributed by atoms with Gasteiger partial charge in [0, 0.05) is 24.8 Å².